The van der Waals surface area contributed by atoms with Gasteiger partial charge in [0.2, 0.25) is 0 Å². The fourth-order valence-corrected chi connectivity index (χ4v) is 6.72. The third-order valence-corrected chi connectivity index (χ3v) is 11.2. The van der Waals surface area contributed by atoms with Gasteiger partial charge in [0.15, 0.2) is 0 Å². The van der Waals surface area contributed by atoms with Gasteiger partial charge in [-0.1, -0.05) is 105 Å². The SMILES string of the molecule is Cc1c(Br)cc(C(C)(C)C)c(O)c1-c1c(C)c(Br)cc(C(C)(C)C)c1O.Cc1c(Br)ccc(O)c1-c1c(O)ccc(Br)c1C. The average Bonchev–Trinajstić information content (AvgIpc) is 2.91. The summed E-state index contributed by atoms with van der Waals surface area (Å²) in [5.74, 6) is 0.781. The lowest BCUT2D eigenvalue weighted by Gasteiger charge is -2.28. The van der Waals surface area contributed by atoms with Gasteiger partial charge in [0.25, 0.3) is 0 Å². The molecule has 4 rings (SSSR count). The molecule has 0 amide bonds. The second-order valence-electron chi connectivity index (χ2n) is 13.1. The number of phenolic OH excluding ortho intramolecular Hbond substituents is 4. The van der Waals surface area contributed by atoms with Gasteiger partial charge in [-0.15, -0.1) is 0 Å². The molecule has 0 saturated heterocycles. The zero-order valence-electron chi connectivity index (χ0n) is 26.8. The number of hydrogen-bond donors (Lipinski definition) is 4. The lowest BCUT2D eigenvalue weighted by atomic mass is 9.80. The van der Waals surface area contributed by atoms with E-state index in [4.69, 9.17) is 0 Å². The second-order valence-corrected chi connectivity index (χ2v) is 16.6. The smallest absolute Gasteiger partial charge is 0.127 e. The van der Waals surface area contributed by atoms with Gasteiger partial charge in [0, 0.05) is 51.3 Å². The van der Waals surface area contributed by atoms with Crippen molar-refractivity contribution >= 4 is 63.7 Å². The molecule has 0 fully saturated rings. The molecule has 0 spiro atoms. The van der Waals surface area contributed by atoms with E-state index in [0.717, 1.165) is 51.3 Å². The fraction of sp³-hybridized carbons (Fsp3) is 0.333. The molecular weight excluding hydrogens is 816 g/mol. The number of hydrogen-bond acceptors (Lipinski definition) is 4. The number of halogens is 4. The highest BCUT2D eigenvalue weighted by Crippen LogP contribution is 2.51. The van der Waals surface area contributed by atoms with E-state index in [2.05, 4.69) is 105 Å². The van der Waals surface area contributed by atoms with Crippen molar-refractivity contribution in [3.63, 3.8) is 0 Å². The van der Waals surface area contributed by atoms with Crippen LogP contribution in [-0.2, 0) is 10.8 Å². The molecule has 0 unspecified atom stereocenters. The highest BCUT2D eigenvalue weighted by atomic mass is 79.9. The number of aromatic hydroxyl groups is 4. The summed E-state index contributed by atoms with van der Waals surface area (Å²) in [4.78, 5) is 0. The van der Waals surface area contributed by atoms with E-state index in [9.17, 15) is 20.4 Å². The number of phenols is 4. The Kier molecular flexibility index (Phi) is 11.1. The van der Waals surface area contributed by atoms with Gasteiger partial charge in [-0.25, -0.2) is 0 Å². The topological polar surface area (TPSA) is 80.9 Å². The van der Waals surface area contributed by atoms with Crippen molar-refractivity contribution in [2.75, 3.05) is 0 Å². The van der Waals surface area contributed by atoms with Crippen LogP contribution in [0.1, 0.15) is 74.9 Å². The van der Waals surface area contributed by atoms with Crippen molar-refractivity contribution in [2.24, 2.45) is 0 Å². The van der Waals surface area contributed by atoms with Crippen molar-refractivity contribution in [2.45, 2.75) is 80.1 Å². The third kappa shape index (κ3) is 7.19. The summed E-state index contributed by atoms with van der Waals surface area (Å²) in [5.41, 5.74) is 7.53. The van der Waals surface area contributed by atoms with Crippen LogP contribution in [0, 0.1) is 27.7 Å². The Hall–Kier alpha value is -2.00. The molecule has 0 radical (unpaired) electrons. The minimum atomic E-state index is -0.225. The van der Waals surface area contributed by atoms with Crippen LogP contribution in [0.25, 0.3) is 22.3 Å². The van der Waals surface area contributed by atoms with E-state index in [-0.39, 0.29) is 33.8 Å². The maximum Gasteiger partial charge on any atom is 0.127 e. The van der Waals surface area contributed by atoms with Crippen molar-refractivity contribution in [3.05, 3.63) is 87.7 Å². The van der Waals surface area contributed by atoms with E-state index < -0.39 is 0 Å². The summed E-state index contributed by atoms with van der Waals surface area (Å²) in [6.07, 6.45) is 0. The first-order valence-corrected chi connectivity index (χ1v) is 17.3. The molecule has 8 heteroatoms. The number of rotatable bonds is 2. The predicted molar refractivity (Wildman–Crippen MR) is 198 cm³/mol. The summed E-state index contributed by atoms with van der Waals surface area (Å²) < 4.78 is 3.64. The van der Waals surface area contributed by atoms with Gasteiger partial charge in [-0.2, -0.15) is 0 Å². The Bertz CT molecular complexity index is 1620. The maximum atomic E-state index is 11.2. The van der Waals surface area contributed by atoms with Crippen LogP contribution in [-0.4, -0.2) is 20.4 Å². The molecule has 0 aliphatic heterocycles. The Labute approximate surface area is 295 Å². The molecule has 0 aliphatic rings. The van der Waals surface area contributed by atoms with Gasteiger partial charge in [0.1, 0.15) is 23.0 Å². The first-order valence-electron chi connectivity index (χ1n) is 14.1. The van der Waals surface area contributed by atoms with Gasteiger partial charge < -0.3 is 20.4 Å². The van der Waals surface area contributed by atoms with Crippen LogP contribution in [0.5, 0.6) is 23.0 Å². The van der Waals surface area contributed by atoms with Gasteiger partial charge in [-0.3, -0.25) is 0 Å². The van der Waals surface area contributed by atoms with Crippen molar-refractivity contribution in [3.8, 4) is 45.3 Å². The molecule has 236 valence electrons. The largest absolute Gasteiger partial charge is 0.507 e. The fourth-order valence-electron chi connectivity index (χ4n) is 5.20. The Morgan fingerprint density at radius 1 is 0.432 bits per heavy atom. The van der Waals surface area contributed by atoms with E-state index in [1.165, 1.54) is 0 Å². The maximum absolute atomic E-state index is 11.2. The van der Waals surface area contributed by atoms with Gasteiger partial charge >= 0.3 is 0 Å². The van der Waals surface area contributed by atoms with Crippen molar-refractivity contribution in [1.82, 2.24) is 0 Å². The summed E-state index contributed by atoms with van der Waals surface area (Å²) >= 11 is 14.2. The molecule has 4 aromatic carbocycles. The molecule has 0 aliphatic carbocycles. The molecular formula is C36H40Br4O4. The van der Waals surface area contributed by atoms with Crippen LogP contribution in [0.2, 0.25) is 0 Å². The van der Waals surface area contributed by atoms with Crippen molar-refractivity contribution in [1.29, 1.82) is 0 Å². The Morgan fingerprint density at radius 3 is 0.977 bits per heavy atom. The zero-order valence-corrected chi connectivity index (χ0v) is 33.1. The zero-order chi connectivity index (χ0) is 33.6. The van der Waals surface area contributed by atoms with Crippen LogP contribution < -0.4 is 0 Å². The normalized spacial score (nSPS) is 11.8. The van der Waals surface area contributed by atoms with Gasteiger partial charge in [-0.05, 0) is 97.2 Å². The minimum Gasteiger partial charge on any atom is -0.507 e. The second kappa shape index (κ2) is 13.4. The van der Waals surface area contributed by atoms with Crippen LogP contribution in [0.3, 0.4) is 0 Å². The summed E-state index contributed by atoms with van der Waals surface area (Å²) in [7, 11) is 0. The lowest BCUT2D eigenvalue weighted by Crippen LogP contribution is -2.14. The molecule has 4 aromatic rings. The van der Waals surface area contributed by atoms with E-state index in [1.807, 2.05) is 39.8 Å². The molecule has 44 heavy (non-hydrogen) atoms. The summed E-state index contributed by atoms with van der Waals surface area (Å²) in [5, 5.41) is 42.5. The molecule has 0 heterocycles. The third-order valence-electron chi connectivity index (χ3n) is 7.86. The van der Waals surface area contributed by atoms with Crippen LogP contribution in [0.4, 0.5) is 0 Å². The summed E-state index contributed by atoms with van der Waals surface area (Å²) in [6.45, 7) is 20.2. The van der Waals surface area contributed by atoms with E-state index >= 15 is 0 Å². The van der Waals surface area contributed by atoms with Crippen molar-refractivity contribution < 1.29 is 20.4 Å². The molecule has 0 saturated carbocycles. The Balaban J connectivity index is 0.000000257. The highest BCUT2D eigenvalue weighted by molar-refractivity contribution is 9.11. The Morgan fingerprint density at radius 2 is 0.705 bits per heavy atom. The molecule has 0 aromatic heterocycles. The quantitative estimate of drug-likeness (QED) is 0.162. The van der Waals surface area contributed by atoms with E-state index in [0.29, 0.717) is 22.3 Å². The predicted octanol–water partition coefficient (Wildman–Crippen LogP) is 12.4. The summed E-state index contributed by atoms with van der Waals surface area (Å²) in [6, 6.07) is 10.8. The van der Waals surface area contributed by atoms with E-state index in [1.54, 1.807) is 24.3 Å². The number of benzene rings is 4. The minimum absolute atomic E-state index is 0.159. The standard InChI is InChI=1S/C22H28Br2O2.C14H12Br2O2/c1-11-15(23)9-13(21(3,4)5)19(25)17(11)18-12(2)16(24)10-14(20(18)26)22(6,7)8;1-7-9(15)3-5-11(17)13(7)14-8(2)10(16)4-6-12(14)18/h9-10,25-26H,1-8H3;3-6,17-18H,1-2H3. The molecule has 4 N–H and O–H groups in total. The highest BCUT2D eigenvalue weighted by Gasteiger charge is 2.29. The molecule has 0 atom stereocenters. The molecule has 0 bridgehead atoms. The van der Waals surface area contributed by atoms with Crippen LogP contribution >= 0.6 is 63.7 Å². The lowest BCUT2D eigenvalue weighted by molar-refractivity contribution is 0.439. The van der Waals surface area contributed by atoms with Crippen LogP contribution in [0.15, 0.2) is 54.3 Å². The monoisotopic (exact) mass is 852 g/mol. The van der Waals surface area contributed by atoms with Gasteiger partial charge in [0.05, 0.1) is 0 Å². The first-order chi connectivity index (χ1) is 20.1. The average molecular weight is 856 g/mol. The first kappa shape index (κ1) is 36.5. The molecule has 4 nitrogen and oxygen atoms in total.